The fourth-order valence-electron chi connectivity index (χ4n) is 1.45. The van der Waals surface area contributed by atoms with Crippen LogP contribution in [0.5, 0.6) is 0 Å². The van der Waals surface area contributed by atoms with E-state index < -0.39 is 0 Å². The van der Waals surface area contributed by atoms with Crippen molar-refractivity contribution in [3.63, 3.8) is 0 Å². The zero-order valence-corrected chi connectivity index (χ0v) is 14.4. The third-order valence-corrected chi connectivity index (χ3v) is 5.13. The third kappa shape index (κ3) is 3.25. The topological polar surface area (TPSA) is 35.8 Å². The van der Waals surface area contributed by atoms with Crippen molar-refractivity contribution in [1.82, 2.24) is 0 Å². The maximum absolute atomic E-state index is 9.07. The first-order valence-corrected chi connectivity index (χ1v) is 7.68. The Hall–Kier alpha value is -0.580. The molecule has 0 spiro atoms. The van der Waals surface area contributed by atoms with Crippen LogP contribution in [0.2, 0.25) is 0 Å². The standard InChI is InChI=1S/C13H7Br2IN2/c14-9-2-1-8(7-17)13(5-9)18-10-3-4-12(16)11(15)6-10/h1-6,18H. The summed E-state index contributed by atoms with van der Waals surface area (Å²) >= 11 is 9.15. The predicted octanol–water partition coefficient (Wildman–Crippen LogP) is 5.43. The van der Waals surface area contributed by atoms with Gasteiger partial charge in [-0.2, -0.15) is 5.26 Å². The maximum atomic E-state index is 9.07. The van der Waals surface area contributed by atoms with Crippen LogP contribution in [0, 0.1) is 14.9 Å². The van der Waals surface area contributed by atoms with Gasteiger partial charge in [0.1, 0.15) is 6.07 Å². The molecular formula is C13H7Br2IN2. The summed E-state index contributed by atoms with van der Waals surface area (Å²) in [5.74, 6) is 0. The Morgan fingerprint density at radius 3 is 2.56 bits per heavy atom. The average Bonchev–Trinajstić information content (AvgIpc) is 2.34. The summed E-state index contributed by atoms with van der Waals surface area (Å²) < 4.78 is 3.11. The smallest absolute Gasteiger partial charge is 0.101 e. The minimum absolute atomic E-state index is 0.618. The summed E-state index contributed by atoms with van der Waals surface area (Å²) in [7, 11) is 0. The van der Waals surface area contributed by atoms with Gasteiger partial charge in [0.2, 0.25) is 0 Å². The molecule has 0 radical (unpaired) electrons. The van der Waals surface area contributed by atoms with E-state index in [0.29, 0.717) is 5.56 Å². The highest BCUT2D eigenvalue weighted by molar-refractivity contribution is 14.1. The van der Waals surface area contributed by atoms with Crippen LogP contribution < -0.4 is 5.32 Å². The van der Waals surface area contributed by atoms with Crippen molar-refractivity contribution >= 4 is 65.8 Å². The number of nitriles is 1. The number of hydrogen-bond acceptors (Lipinski definition) is 2. The molecule has 1 N–H and O–H groups in total. The van der Waals surface area contributed by atoms with E-state index in [1.807, 2.05) is 30.3 Å². The Labute approximate surface area is 136 Å². The monoisotopic (exact) mass is 476 g/mol. The first-order valence-electron chi connectivity index (χ1n) is 5.02. The Balaban J connectivity index is 2.36. The molecule has 0 aliphatic rings. The molecule has 2 nitrogen and oxygen atoms in total. The maximum Gasteiger partial charge on any atom is 0.101 e. The van der Waals surface area contributed by atoms with Gasteiger partial charge in [0.05, 0.1) is 11.3 Å². The fraction of sp³-hybridized carbons (Fsp3) is 0. The quantitative estimate of drug-likeness (QED) is 0.585. The first-order chi connectivity index (χ1) is 8.60. The minimum atomic E-state index is 0.618. The highest BCUT2D eigenvalue weighted by Crippen LogP contribution is 2.28. The molecule has 0 unspecified atom stereocenters. The third-order valence-electron chi connectivity index (χ3n) is 2.30. The molecule has 2 aromatic rings. The molecule has 2 aromatic carbocycles. The highest BCUT2D eigenvalue weighted by Gasteiger charge is 2.04. The molecule has 0 aromatic heterocycles. The molecule has 90 valence electrons. The molecule has 0 heterocycles. The molecule has 0 fully saturated rings. The summed E-state index contributed by atoms with van der Waals surface area (Å²) in [6, 6.07) is 13.7. The zero-order chi connectivity index (χ0) is 13.1. The Morgan fingerprint density at radius 1 is 1.11 bits per heavy atom. The van der Waals surface area contributed by atoms with Gasteiger partial charge in [0.25, 0.3) is 0 Å². The molecular weight excluding hydrogens is 471 g/mol. The van der Waals surface area contributed by atoms with Crippen molar-refractivity contribution in [2.24, 2.45) is 0 Å². The van der Waals surface area contributed by atoms with Gasteiger partial charge in [-0.15, -0.1) is 0 Å². The van der Waals surface area contributed by atoms with E-state index in [2.05, 4.69) is 65.8 Å². The molecule has 0 aliphatic carbocycles. The summed E-state index contributed by atoms with van der Waals surface area (Å²) in [5, 5.41) is 12.3. The molecule has 0 amide bonds. The summed E-state index contributed by atoms with van der Waals surface area (Å²) in [5.41, 5.74) is 2.35. The van der Waals surface area contributed by atoms with Gasteiger partial charge in [-0.05, 0) is 74.9 Å². The lowest BCUT2D eigenvalue weighted by molar-refractivity contribution is 1.44. The first kappa shape index (κ1) is 13.8. The van der Waals surface area contributed by atoms with Crippen LogP contribution in [0.1, 0.15) is 5.56 Å². The van der Waals surface area contributed by atoms with Crippen LogP contribution >= 0.6 is 54.5 Å². The lowest BCUT2D eigenvalue weighted by atomic mass is 10.2. The highest BCUT2D eigenvalue weighted by atomic mass is 127. The van der Waals surface area contributed by atoms with E-state index in [4.69, 9.17) is 5.26 Å². The van der Waals surface area contributed by atoms with E-state index in [9.17, 15) is 0 Å². The number of anilines is 2. The van der Waals surface area contributed by atoms with Crippen molar-refractivity contribution in [3.05, 3.63) is 54.5 Å². The number of halogens is 3. The number of hydrogen-bond donors (Lipinski definition) is 1. The van der Waals surface area contributed by atoms with Crippen LogP contribution in [0.3, 0.4) is 0 Å². The largest absolute Gasteiger partial charge is 0.354 e. The van der Waals surface area contributed by atoms with Crippen molar-refractivity contribution in [1.29, 1.82) is 5.26 Å². The molecule has 0 aliphatic heterocycles. The summed E-state index contributed by atoms with van der Waals surface area (Å²) in [6.45, 7) is 0. The van der Waals surface area contributed by atoms with Crippen LogP contribution in [0.25, 0.3) is 0 Å². The fourth-order valence-corrected chi connectivity index (χ4v) is 2.52. The second kappa shape index (κ2) is 6.04. The SMILES string of the molecule is N#Cc1ccc(Br)cc1Nc1ccc(I)c(Br)c1. The summed E-state index contributed by atoms with van der Waals surface area (Å²) in [4.78, 5) is 0. The Kier molecular flexibility index (Phi) is 4.65. The lowest BCUT2D eigenvalue weighted by Gasteiger charge is -2.09. The minimum Gasteiger partial charge on any atom is -0.354 e. The lowest BCUT2D eigenvalue weighted by Crippen LogP contribution is -1.94. The second-order valence-corrected chi connectivity index (χ2v) is 6.49. The van der Waals surface area contributed by atoms with E-state index in [-0.39, 0.29) is 0 Å². The van der Waals surface area contributed by atoms with Crippen LogP contribution in [0.4, 0.5) is 11.4 Å². The Bertz CT molecular complexity index is 635. The molecule has 2 rings (SSSR count). The average molecular weight is 478 g/mol. The van der Waals surface area contributed by atoms with Gasteiger partial charge >= 0.3 is 0 Å². The van der Waals surface area contributed by atoms with Crippen LogP contribution in [-0.4, -0.2) is 0 Å². The molecule has 18 heavy (non-hydrogen) atoms. The van der Waals surface area contributed by atoms with Crippen molar-refractivity contribution in [3.8, 4) is 6.07 Å². The van der Waals surface area contributed by atoms with Crippen molar-refractivity contribution in [2.45, 2.75) is 0 Å². The van der Waals surface area contributed by atoms with Crippen molar-refractivity contribution < 1.29 is 0 Å². The van der Waals surface area contributed by atoms with Crippen LogP contribution in [0.15, 0.2) is 45.3 Å². The van der Waals surface area contributed by atoms with Gasteiger partial charge in [0.15, 0.2) is 0 Å². The summed E-state index contributed by atoms with van der Waals surface area (Å²) in [6.07, 6.45) is 0. The molecule has 5 heteroatoms. The van der Waals surface area contributed by atoms with Crippen molar-refractivity contribution in [2.75, 3.05) is 5.32 Å². The van der Waals surface area contributed by atoms with E-state index in [1.165, 1.54) is 0 Å². The molecule has 0 bridgehead atoms. The Morgan fingerprint density at radius 2 is 1.89 bits per heavy atom. The predicted molar refractivity (Wildman–Crippen MR) is 89.0 cm³/mol. The molecule has 0 atom stereocenters. The van der Waals surface area contributed by atoms with E-state index >= 15 is 0 Å². The molecule has 0 saturated carbocycles. The van der Waals surface area contributed by atoms with Crippen LogP contribution in [-0.2, 0) is 0 Å². The number of rotatable bonds is 2. The van der Waals surface area contributed by atoms with Gasteiger partial charge in [0, 0.05) is 18.2 Å². The van der Waals surface area contributed by atoms with E-state index in [0.717, 1.165) is 23.9 Å². The number of benzene rings is 2. The van der Waals surface area contributed by atoms with Gasteiger partial charge in [-0.25, -0.2) is 0 Å². The van der Waals surface area contributed by atoms with E-state index in [1.54, 1.807) is 6.07 Å². The van der Waals surface area contributed by atoms with Gasteiger partial charge < -0.3 is 5.32 Å². The number of nitrogens with zero attached hydrogens (tertiary/aromatic N) is 1. The van der Waals surface area contributed by atoms with Gasteiger partial charge in [-0.3, -0.25) is 0 Å². The second-order valence-electron chi connectivity index (χ2n) is 3.56. The van der Waals surface area contributed by atoms with Gasteiger partial charge in [-0.1, -0.05) is 15.9 Å². The molecule has 0 saturated heterocycles. The zero-order valence-electron chi connectivity index (χ0n) is 9.05. The number of nitrogens with one attached hydrogen (secondary N) is 1. The normalized spacial score (nSPS) is 9.89.